The number of carbonyl (C=O) groups excluding carboxylic acids is 1. The number of rotatable bonds is 4. The molecule has 2 aromatic rings. The fourth-order valence-corrected chi connectivity index (χ4v) is 2.68. The summed E-state index contributed by atoms with van der Waals surface area (Å²) in [5.41, 5.74) is -0.233. The molecule has 0 radical (unpaired) electrons. The lowest BCUT2D eigenvalue weighted by Gasteiger charge is -2.03. The number of hydrogen-bond donors (Lipinski definition) is 0. The first-order chi connectivity index (χ1) is 10.0. The highest BCUT2D eigenvalue weighted by Gasteiger charge is 2.23. The maximum absolute atomic E-state index is 11.3. The lowest BCUT2D eigenvalue weighted by atomic mass is 10.3. The molecule has 2 heterocycles. The molecule has 0 aliphatic carbocycles. The Labute approximate surface area is 122 Å². The van der Waals surface area contributed by atoms with Gasteiger partial charge in [0, 0.05) is 12.1 Å². The van der Waals surface area contributed by atoms with Crippen molar-refractivity contribution in [3.8, 4) is 22.3 Å². The summed E-state index contributed by atoms with van der Waals surface area (Å²) in [6.07, 6.45) is 0. The van der Waals surface area contributed by atoms with Crippen LogP contribution in [0.4, 0.5) is 5.69 Å². The predicted octanol–water partition coefficient (Wildman–Crippen LogP) is 3.38. The lowest BCUT2D eigenvalue weighted by molar-refractivity contribution is -0.385. The second-order valence-corrected chi connectivity index (χ2v) is 5.23. The number of nitro groups is 1. The third kappa shape index (κ3) is 2.52. The van der Waals surface area contributed by atoms with E-state index in [2.05, 4.69) is 0 Å². The van der Waals surface area contributed by atoms with Crippen molar-refractivity contribution in [3.63, 3.8) is 0 Å². The first-order valence-electron chi connectivity index (χ1n) is 5.91. The molecule has 1 aromatic heterocycles. The van der Waals surface area contributed by atoms with Crippen LogP contribution in [0.1, 0.15) is 16.6 Å². The third-order valence-electron chi connectivity index (χ3n) is 2.78. The summed E-state index contributed by atoms with van der Waals surface area (Å²) >= 11 is 0.939. The maximum atomic E-state index is 11.3. The van der Waals surface area contributed by atoms with E-state index in [4.69, 9.17) is 14.2 Å². The zero-order chi connectivity index (χ0) is 15.0. The Hall–Kier alpha value is -2.61. The summed E-state index contributed by atoms with van der Waals surface area (Å²) in [5.74, 6) is 1.23. The van der Waals surface area contributed by atoms with Crippen molar-refractivity contribution < 1.29 is 23.9 Å². The normalized spacial score (nSPS) is 12.2. The molecule has 0 atom stereocenters. The van der Waals surface area contributed by atoms with Crippen molar-refractivity contribution in [2.75, 3.05) is 6.79 Å². The molecule has 21 heavy (non-hydrogen) atoms. The van der Waals surface area contributed by atoms with Crippen LogP contribution in [0.5, 0.6) is 22.3 Å². The van der Waals surface area contributed by atoms with Crippen LogP contribution in [0.15, 0.2) is 24.3 Å². The van der Waals surface area contributed by atoms with Crippen LogP contribution in [-0.4, -0.2) is 17.5 Å². The highest BCUT2D eigenvalue weighted by Crippen LogP contribution is 2.42. The minimum absolute atomic E-state index is 0.0593. The number of nitrogens with zero attached hydrogens (tertiary/aromatic N) is 1. The Kier molecular flexibility index (Phi) is 3.22. The maximum Gasteiger partial charge on any atom is 0.323 e. The van der Waals surface area contributed by atoms with Crippen LogP contribution in [0.2, 0.25) is 0 Å². The van der Waals surface area contributed by atoms with Crippen LogP contribution in [-0.2, 0) is 0 Å². The number of ketones is 1. The van der Waals surface area contributed by atoms with Crippen molar-refractivity contribution in [1.82, 2.24) is 0 Å². The van der Waals surface area contributed by atoms with Crippen molar-refractivity contribution in [2.24, 2.45) is 0 Å². The summed E-state index contributed by atoms with van der Waals surface area (Å²) in [6.45, 7) is 1.48. The van der Waals surface area contributed by atoms with Gasteiger partial charge in [-0.25, -0.2) is 0 Å². The fraction of sp³-hybridized carbons (Fsp3) is 0.154. The molecular formula is C13H9NO6S. The molecule has 3 rings (SSSR count). The smallest absolute Gasteiger partial charge is 0.323 e. The van der Waals surface area contributed by atoms with Gasteiger partial charge < -0.3 is 14.2 Å². The molecule has 0 spiro atoms. The minimum atomic E-state index is -0.578. The van der Waals surface area contributed by atoms with E-state index in [0.29, 0.717) is 17.2 Å². The molecule has 0 saturated heterocycles. The molecular weight excluding hydrogens is 298 g/mol. The largest absolute Gasteiger partial charge is 0.454 e. The van der Waals surface area contributed by atoms with Gasteiger partial charge in [-0.2, -0.15) is 0 Å². The summed E-state index contributed by atoms with van der Waals surface area (Å²) in [7, 11) is 0. The SMILES string of the molecule is CC(=O)c1cc([N+](=O)[O-])c(Oc2ccc3c(c2)OCO3)s1. The lowest BCUT2D eigenvalue weighted by Crippen LogP contribution is -1.92. The molecule has 1 aliphatic rings. The van der Waals surface area contributed by atoms with E-state index < -0.39 is 4.92 Å². The van der Waals surface area contributed by atoms with Gasteiger partial charge in [0.25, 0.3) is 5.06 Å². The molecule has 108 valence electrons. The van der Waals surface area contributed by atoms with Gasteiger partial charge in [-0.15, -0.1) is 0 Å². The minimum Gasteiger partial charge on any atom is -0.454 e. The molecule has 1 aliphatic heterocycles. The van der Waals surface area contributed by atoms with Gasteiger partial charge >= 0.3 is 5.69 Å². The highest BCUT2D eigenvalue weighted by molar-refractivity contribution is 7.16. The summed E-state index contributed by atoms with van der Waals surface area (Å²) in [5, 5.41) is 11.1. The van der Waals surface area contributed by atoms with E-state index in [-0.39, 0.29) is 28.2 Å². The standard InChI is InChI=1S/C13H9NO6S/c1-7(15)12-5-9(14(16)17)13(21-12)20-8-2-3-10-11(4-8)19-6-18-10/h2-5H,6H2,1H3. The summed E-state index contributed by atoms with van der Waals surface area (Å²) in [6, 6.07) is 6.07. The number of Topliss-reactive ketones (excluding diaryl/α,β-unsaturated/α-hetero) is 1. The van der Waals surface area contributed by atoms with E-state index in [9.17, 15) is 14.9 Å². The van der Waals surface area contributed by atoms with Gasteiger partial charge in [-0.1, -0.05) is 11.3 Å². The predicted molar refractivity (Wildman–Crippen MR) is 73.6 cm³/mol. The zero-order valence-corrected chi connectivity index (χ0v) is 11.6. The van der Waals surface area contributed by atoms with Crippen molar-refractivity contribution in [3.05, 3.63) is 39.3 Å². The molecule has 8 heteroatoms. The zero-order valence-electron chi connectivity index (χ0n) is 10.8. The van der Waals surface area contributed by atoms with Crippen molar-refractivity contribution in [1.29, 1.82) is 0 Å². The molecule has 0 amide bonds. The summed E-state index contributed by atoms with van der Waals surface area (Å²) < 4.78 is 15.9. The average molecular weight is 307 g/mol. The molecule has 0 fully saturated rings. The molecule has 0 N–H and O–H groups in total. The average Bonchev–Trinajstić information content (AvgIpc) is 3.04. The first-order valence-corrected chi connectivity index (χ1v) is 6.73. The Morgan fingerprint density at radius 1 is 1.33 bits per heavy atom. The third-order valence-corrected chi connectivity index (χ3v) is 3.88. The number of hydrogen-bond acceptors (Lipinski definition) is 7. The number of fused-ring (bicyclic) bond motifs is 1. The fourth-order valence-electron chi connectivity index (χ4n) is 1.79. The van der Waals surface area contributed by atoms with Crippen LogP contribution in [0, 0.1) is 10.1 Å². The summed E-state index contributed by atoms with van der Waals surface area (Å²) in [4.78, 5) is 22.0. The van der Waals surface area contributed by atoms with Gasteiger partial charge in [0.1, 0.15) is 5.75 Å². The number of thiophene rings is 1. The van der Waals surface area contributed by atoms with E-state index in [1.54, 1.807) is 18.2 Å². The topological polar surface area (TPSA) is 87.9 Å². The molecule has 1 aromatic carbocycles. The highest BCUT2D eigenvalue weighted by atomic mass is 32.1. The Morgan fingerprint density at radius 2 is 2.10 bits per heavy atom. The van der Waals surface area contributed by atoms with Crippen LogP contribution >= 0.6 is 11.3 Å². The second-order valence-electron chi connectivity index (χ2n) is 4.21. The van der Waals surface area contributed by atoms with Gasteiger partial charge in [0.05, 0.1) is 9.80 Å². The number of ether oxygens (including phenoxy) is 3. The molecule has 0 saturated carbocycles. The number of carbonyl (C=O) groups is 1. The van der Waals surface area contributed by atoms with Gasteiger partial charge in [-0.3, -0.25) is 14.9 Å². The molecule has 0 unspecified atom stereocenters. The van der Waals surface area contributed by atoms with Crippen molar-refractivity contribution in [2.45, 2.75) is 6.92 Å². The van der Waals surface area contributed by atoms with Gasteiger partial charge in [-0.05, 0) is 19.1 Å². The van der Waals surface area contributed by atoms with E-state index in [1.807, 2.05) is 0 Å². The molecule has 7 nitrogen and oxygen atoms in total. The van der Waals surface area contributed by atoms with Crippen LogP contribution < -0.4 is 14.2 Å². The Morgan fingerprint density at radius 3 is 2.81 bits per heavy atom. The monoisotopic (exact) mass is 307 g/mol. The number of benzene rings is 1. The first kappa shape index (κ1) is 13.4. The Bertz CT molecular complexity index is 738. The second kappa shape index (κ2) is 5.06. The van der Waals surface area contributed by atoms with Crippen LogP contribution in [0.3, 0.4) is 0 Å². The van der Waals surface area contributed by atoms with Crippen molar-refractivity contribution >= 4 is 22.8 Å². The van der Waals surface area contributed by atoms with Gasteiger partial charge in [0.15, 0.2) is 17.3 Å². The van der Waals surface area contributed by atoms with Crippen LogP contribution in [0.25, 0.3) is 0 Å². The molecule has 0 bridgehead atoms. The van der Waals surface area contributed by atoms with E-state index in [0.717, 1.165) is 11.3 Å². The quantitative estimate of drug-likeness (QED) is 0.489. The Balaban J connectivity index is 1.93. The van der Waals surface area contributed by atoms with Gasteiger partial charge in [0.2, 0.25) is 6.79 Å². The van der Waals surface area contributed by atoms with E-state index in [1.165, 1.54) is 13.0 Å². The van der Waals surface area contributed by atoms with E-state index >= 15 is 0 Å².